The van der Waals surface area contributed by atoms with Gasteiger partial charge in [0.05, 0.1) is 25.4 Å². The molecule has 0 spiro atoms. The SMILES string of the molecule is Cc1nc(N2CCOCC2)[nH]c(=O)c1CCC(=O)N1CCOc2ccccc21. The predicted molar refractivity (Wildman–Crippen MR) is 105 cm³/mol. The number of fused-ring (bicyclic) bond motifs is 1. The number of hydrogen-bond donors (Lipinski definition) is 1. The molecule has 2 aromatic rings. The second-order valence-electron chi connectivity index (χ2n) is 6.91. The molecule has 3 heterocycles. The Morgan fingerprint density at radius 2 is 1.96 bits per heavy atom. The van der Waals surface area contributed by atoms with Crippen molar-refractivity contribution in [2.75, 3.05) is 49.3 Å². The van der Waals surface area contributed by atoms with E-state index in [-0.39, 0.29) is 17.9 Å². The fourth-order valence-corrected chi connectivity index (χ4v) is 3.61. The number of carbonyl (C=O) groups excluding carboxylic acids is 1. The first-order chi connectivity index (χ1) is 13.6. The van der Waals surface area contributed by atoms with Crippen LogP contribution in [0.5, 0.6) is 5.75 Å². The molecule has 28 heavy (non-hydrogen) atoms. The summed E-state index contributed by atoms with van der Waals surface area (Å²) in [6.07, 6.45) is 0.604. The fourth-order valence-electron chi connectivity index (χ4n) is 3.61. The molecule has 8 heteroatoms. The highest BCUT2D eigenvalue weighted by Crippen LogP contribution is 2.31. The maximum absolute atomic E-state index is 12.8. The summed E-state index contributed by atoms with van der Waals surface area (Å²) in [6.45, 7) is 5.47. The first-order valence-corrected chi connectivity index (χ1v) is 9.58. The van der Waals surface area contributed by atoms with Gasteiger partial charge in [-0.25, -0.2) is 4.98 Å². The first kappa shape index (κ1) is 18.5. The smallest absolute Gasteiger partial charge is 0.255 e. The minimum atomic E-state index is -0.177. The number of carbonyl (C=O) groups is 1. The number of amides is 1. The molecule has 148 valence electrons. The number of rotatable bonds is 4. The van der Waals surface area contributed by atoms with E-state index < -0.39 is 0 Å². The first-order valence-electron chi connectivity index (χ1n) is 9.58. The Morgan fingerprint density at radius 1 is 1.18 bits per heavy atom. The van der Waals surface area contributed by atoms with Gasteiger partial charge in [-0.15, -0.1) is 0 Å². The number of benzene rings is 1. The molecule has 1 saturated heterocycles. The highest BCUT2D eigenvalue weighted by Gasteiger charge is 2.24. The van der Waals surface area contributed by atoms with Crippen LogP contribution in [0.15, 0.2) is 29.1 Å². The molecule has 8 nitrogen and oxygen atoms in total. The third-order valence-corrected chi connectivity index (χ3v) is 5.14. The Hall–Kier alpha value is -2.87. The zero-order chi connectivity index (χ0) is 19.5. The molecule has 1 amide bonds. The Labute approximate surface area is 163 Å². The molecule has 4 rings (SSSR count). The zero-order valence-corrected chi connectivity index (χ0v) is 15.9. The van der Waals surface area contributed by atoms with Crippen LogP contribution in [-0.4, -0.2) is 55.3 Å². The van der Waals surface area contributed by atoms with E-state index in [4.69, 9.17) is 9.47 Å². The number of morpholine rings is 1. The molecule has 0 bridgehead atoms. The second kappa shape index (κ2) is 8.02. The standard InChI is InChI=1S/C20H24N4O4/c1-14-15(19(26)22-20(21-14)23-8-11-27-12-9-23)6-7-18(25)24-10-13-28-17-5-3-2-4-16(17)24/h2-5H,6-13H2,1H3,(H,21,22,26). The summed E-state index contributed by atoms with van der Waals surface area (Å²) < 4.78 is 10.9. The van der Waals surface area contributed by atoms with Crippen molar-refractivity contribution in [3.05, 3.63) is 45.9 Å². The van der Waals surface area contributed by atoms with Gasteiger partial charge in [0.1, 0.15) is 12.4 Å². The lowest BCUT2D eigenvalue weighted by atomic mass is 10.1. The maximum Gasteiger partial charge on any atom is 0.255 e. The van der Waals surface area contributed by atoms with E-state index in [9.17, 15) is 9.59 Å². The van der Waals surface area contributed by atoms with E-state index in [1.54, 1.807) is 4.90 Å². The third kappa shape index (κ3) is 3.73. The molecule has 0 atom stereocenters. The van der Waals surface area contributed by atoms with Crippen molar-refractivity contribution < 1.29 is 14.3 Å². The van der Waals surface area contributed by atoms with E-state index in [0.717, 1.165) is 5.69 Å². The number of aromatic amines is 1. The van der Waals surface area contributed by atoms with Crippen molar-refractivity contribution in [2.45, 2.75) is 19.8 Å². The zero-order valence-electron chi connectivity index (χ0n) is 15.9. The summed E-state index contributed by atoms with van der Waals surface area (Å²) in [5, 5.41) is 0. The summed E-state index contributed by atoms with van der Waals surface area (Å²) in [5.41, 5.74) is 1.83. The average Bonchev–Trinajstić information content (AvgIpc) is 2.73. The largest absolute Gasteiger partial charge is 0.490 e. The summed E-state index contributed by atoms with van der Waals surface area (Å²) in [7, 11) is 0. The number of aryl methyl sites for hydroxylation is 1. The monoisotopic (exact) mass is 384 g/mol. The normalized spacial score (nSPS) is 16.5. The van der Waals surface area contributed by atoms with Crippen LogP contribution in [0, 0.1) is 6.92 Å². The molecule has 2 aliphatic rings. The molecule has 1 aromatic heterocycles. The molecular weight excluding hydrogens is 360 g/mol. The van der Waals surface area contributed by atoms with Gasteiger partial charge in [0.15, 0.2) is 0 Å². The molecule has 0 radical (unpaired) electrons. The van der Waals surface area contributed by atoms with E-state index in [0.29, 0.717) is 68.8 Å². The van der Waals surface area contributed by atoms with Crippen LogP contribution in [-0.2, 0) is 16.0 Å². The predicted octanol–water partition coefficient (Wildman–Crippen LogP) is 1.27. The number of aromatic nitrogens is 2. The van der Waals surface area contributed by atoms with Gasteiger partial charge in [-0.1, -0.05) is 12.1 Å². The van der Waals surface area contributed by atoms with Gasteiger partial charge >= 0.3 is 0 Å². The Bertz CT molecular complexity index is 921. The summed E-state index contributed by atoms with van der Waals surface area (Å²) in [5.74, 6) is 1.27. The van der Waals surface area contributed by atoms with Crippen LogP contribution in [0.2, 0.25) is 0 Å². The highest BCUT2D eigenvalue weighted by molar-refractivity contribution is 5.95. The Morgan fingerprint density at radius 3 is 2.75 bits per heavy atom. The van der Waals surface area contributed by atoms with Gasteiger partial charge in [0, 0.05) is 30.8 Å². The third-order valence-electron chi connectivity index (χ3n) is 5.14. The quantitative estimate of drug-likeness (QED) is 0.854. The highest BCUT2D eigenvalue weighted by atomic mass is 16.5. The molecule has 1 N–H and O–H groups in total. The molecule has 1 fully saturated rings. The molecule has 0 aliphatic carbocycles. The Kier molecular flexibility index (Phi) is 5.29. The molecular formula is C20H24N4O4. The van der Waals surface area contributed by atoms with Crippen LogP contribution in [0.25, 0.3) is 0 Å². The Balaban J connectivity index is 1.46. The van der Waals surface area contributed by atoms with Gasteiger partial charge in [0.25, 0.3) is 5.56 Å². The van der Waals surface area contributed by atoms with Gasteiger partial charge in [-0.05, 0) is 25.5 Å². The number of para-hydroxylation sites is 2. The maximum atomic E-state index is 12.8. The number of anilines is 2. The number of hydrogen-bond acceptors (Lipinski definition) is 6. The van der Waals surface area contributed by atoms with Crippen molar-refractivity contribution in [1.82, 2.24) is 9.97 Å². The molecule has 0 saturated carbocycles. The minimum Gasteiger partial charge on any atom is -0.490 e. The van der Waals surface area contributed by atoms with Gasteiger partial charge in [0.2, 0.25) is 11.9 Å². The molecule has 0 unspecified atom stereocenters. The van der Waals surface area contributed by atoms with E-state index in [2.05, 4.69) is 9.97 Å². The van der Waals surface area contributed by atoms with Crippen molar-refractivity contribution >= 4 is 17.5 Å². The van der Waals surface area contributed by atoms with E-state index in [1.807, 2.05) is 36.1 Å². The van der Waals surface area contributed by atoms with Gasteiger partial charge in [-0.3, -0.25) is 14.6 Å². The average molecular weight is 384 g/mol. The molecule has 1 aromatic carbocycles. The lowest BCUT2D eigenvalue weighted by Crippen LogP contribution is -2.39. The van der Waals surface area contributed by atoms with E-state index in [1.165, 1.54) is 0 Å². The van der Waals surface area contributed by atoms with Crippen LogP contribution in [0.3, 0.4) is 0 Å². The van der Waals surface area contributed by atoms with E-state index >= 15 is 0 Å². The lowest BCUT2D eigenvalue weighted by Gasteiger charge is -2.29. The lowest BCUT2D eigenvalue weighted by molar-refractivity contribution is -0.118. The molecule has 2 aliphatic heterocycles. The van der Waals surface area contributed by atoms with Crippen molar-refractivity contribution in [1.29, 1.82) is 0 Å². The number of nitrogens with one attached hydrogen (secondary N) is 1. The second-order valence-corrected chi connectivity index (χ2v) is 6.91. The number of H-pyrrole nitrogens is 1. The number of nitrogens with zero attached hydrogens (tertiary/aromatic N) is 3. The summed E-state index contributed by atoms with van der Waals surface area (Å²) in [4.78, 5) is 36.5. The van der Waals surface area contributed by atoms with Gasteiger partial charge in [-0.2, -0.15) is 0 Å². The topological polar surface area (TPSA) is 87.8 Å². The summed E-state index contributed by atoms with van der Waals surface area (Å²) in [6, 6.07) is 7.51. The van der Waals surface area contributed by atoms with Crippen LogP contribution >= 0.6 is 0 Å². The fraction of sp³-hybridized carbons (Fsp3) is 0.450. The van der Waals surface area contributed by atoms with Crippen LogP contribution in [0.1, 0.15) is 17.7 Å². The van der Waals surface area contributed by atoms with Gasteiger partial charge < -0.3 is 19.3 Å². The minimum absolute atomic E-state index is 0.0215. The van der Waals surface area contributed by atoms with Crippen LogP contribution < -0.4 is 20.1 Å². The van der Waals surface area contributed by atoms with Crippen molar-refractivity contribution in [3.8, 4) is 5.75 Å². The van der Waals surface area contributed by atoms with Crippen molar-refractivity contribution in [2.24, 2.45) is 0 Å². The summed E-state index contributed by atoms with van der Waals surface area (Å²) >= 11 is 0. The van der Waals surface area contributed by atoms with Crippen molar-refractivity contribution in [3.63, 3.8) is 0 Å². The van der Waals surface area contributed by atoms with Crippen LogP contribution in [0.4, 0.5) is 11.6 Å². The number of ether oxygens (including phenoxy) is 2.